The summed E-state index contributed by atoms with van der Waals surface area (Å²) < 4.78 is 0. The molecule has 0 spiro atoms. The second-order valence-electron chi connectivity index (χ2n) is 4.55. The first-order chi connectivity index (χ1) is 10.7. The van der Waals surface area contributed by atoms with Crippen LogP contribution in [0.4, 0.5) is 5.82 Å². The molecular weight excluding hydrogens is 300 g/mol. The molecule has 22 heavy (non-hydrogen) atoms. The number of aromatic amines is 1. The van der Waals surface area contributed by atoms with E-state index in [1.165, 1.54) is 18.1 Å². The molecule has 1 aromatic carbocycles. The molecule has 0 radical (unpaired) electrons. The van der Waals surface area contributed by atoms with Crippen LogP contribution in [0.1, 0.15) is 5.56 Å². The summed E-state index contributed by atoms with van der Waals surface area (Å²) in [6.45, 7) is 0.513. The Morgan fingerprint density at radius 3 is 2.86 bits per heavy atom. The Kier molecular flexibility index (Phi) is 4.19. The highest BCUT2D eigenvalue weighted by Gasteiger charge is 2.09. The van der Waals surface area contributed by atoms with Crippen molar-refractivity contribution in [3.05, 3.63) is 42.2 Å². The van der Waals surface area contributed by atoms with Crippen molar-refractivity contribution in [1.82, 2.24) is 25.3 Å². The zero-order valence-corrected chi connectivity index (χ0v) is 12.4. The van der Waals surface area contributed by atoms with Crippen LogP contribution in [0, 0.1) is 0 Å². The van der Waals surface area contributed by atoms with Gasteiger partial charge in [0.1, 0.15) is 11.8 Å². The van der Waals surface area contributed by atoms with Gasteiger partial charge in [-0.25, -0.2) is 15.0 Å². The van der Waals surface area contributed by atoms with Crippen molar-refractivity contribution < 1.29 is 4.79 Å². The molecular formula is C14H14N6OS. The van der Waals surface area contributed by atoms with E-state index in [1.54, 1.807) is 0 Å². The van der Waals surface area contributed by atoms with Gasteiger partial charge in [-0.3, -0.25) is 4.79 Å². The maximum atomic E-state index is 11.8. The lowest BCUT2D eigenvalue weighted by molar-refractivity contribution is -0.118. The molecule has 0 atom stereocenters. The molecule has 0 aliphatic heterocycles. The molecule has 0 saturated carbocycles. The number of nitrogens with two attached hydrogens (primary N) is 1. The number of rotatable bonds is 5. The number of anilines is 1. The van der Waals surface area contributed by atoms with Crippen LogP contribution >= 0.6 is 11.8 Å². The van der Waals surface area contributed by atoms with E-state index in [0.717, 1.165) is 5.56 Å². The quantitative estimate of drug-likeness (QED) is 0.613. The molecule has 3 rings (SSSR count). The molecule has 0 bridgehead atoms. The van der Waals surface area contributed by atoms with Gasteiger partial charge in [-0.05, 0) is 5.56 Å². The molecule has 8 heteroatoms. The van der Waals surface area contributed by atoms with E-state index in [9.17, 15) is 4.79 Å². The van der Waals surface area contributed by atoms with Crippen LogP contribution < -0.4 is 11.1 Å². The van der Waals surface area contributed by atoms with E-state index in [-0.39, 0.29) is 11.7 Å². The molecule has 0 saturated heterocycles. The number of H-pyrrole nitrogens is 1. The summed E-state index contributed by atoms with van der Waals surface area (Å²) in [5, 5.41) is 3.45. The number of imidazole rings is 1. The first kappa shape index (κ1) is 14.3. The number of thioether (sulfide) groups is 1. The van der Waals surface area contributed by atoms with Gasteiger partial charge in [-0.1, -0.05) is 42.1 Å². The van der Waals surface area contributed by atoms with Gasteiger partial charge in [0.2, 0.25) is 5.91 Å². The second-order valence-corrected chi connectivity index (χ2v) is 5.51. The summed E-state index contributed by atoms with van der Waals surface area (Å²) in [5.41, 5.74) is 7.88. The molecule has 4 N–H and O–H groups in total. The molecule has 1 amide bonds. The molecule has 3 aromatic rings. The van der Waals surface area contributed by atoms with Crippen molar-refractivity contribution in [2.45, 2.75) is 11.7 Å². The smallest absolute Gasteiger partial charge is 0.230 e. The Morgan fingerprint density at radius 1 is 1.27 bits per heavy atom. The summed E-state index contributed by atoms with van der Waals surface area (Å²) >= 11 is 1.30. The van der Waals surface area contributed by atoms with Gasteiger partial charge in [0, 0.05) is 6.54 Å². The van der Waals surface area contributed by atoms with E-state index in [4.69, 9.17) is 5.73 Å². The van der Waals surface area contributed by atoms with E-state index < -0.39 is 0 Å². The second kappa shape index (κ2) is 6.44. The first-order valence-corrected chi connectivity index (χ1v) is 7.60. The molecule has 2 aromatic heterocycles. The Labute approximate surface area is 130 Å². The van der Waals surface area contributed by atoms with Crippen molar-refractivity contribution in [2.75, 3.05) is 11.5 Å². The molecule has 0 fully saturated rings. The minimum Gasteiger partial charge on any atom is -0.382 e. The summed E-state index contributed by atoms with van der Waals surface area (Å²) in [7, 11) is 0. The Hall–Kier alpha value is -2.61. The molecule has 0 aliphatic rings. The SMILES string of the molecule is Nc1ncnc2nc(SCC(=O)NCc3ccccc3)[nH]c12. The monoisotopic (exact) mass is 314 g/mol. The highest BCUT2D eigenvalue weighted by atomic mass is 32.2. The Morgan fingerprint density at radius 2 is 2.09 bits per heavy atom. The Bertz CT molecular complexity index is 788. The summed E-state index contributed by atoms with van der Waals surface area (Å²) in [4.78, 5) is 27.0. The van der Waals surface area contributed by atoms with Crippen LogP contribution in [0.3, 0.4) is 0 Å². The van der Waals surface area contributed by atoms with Crippen molar-refractivity contribution in [3.8, 4) is 0 Å². The highest BCUT2D eigenvalue weighted by Crippen LogP contribution is 2.20. The van der Waals surface area contributed by atoms with Gasteiger partial charge >= 0.3 is 0 Å². The maximum Gasteiger partial charge on any atom is 0.230 e. The van der Waals surface area contributed by atoms with Gasteiger partial charge in [-0.15, -0.1) is 0 Å². The lowest BCUT2D eigenvalue weighted by Gasteiger charge is -2.04. The number of amides is 1. The van der Waals surface area contributed by atoms with Gasteiger partial charge in [0.25, 0.3) is 0 Å². The minimum absolute atomic E-state index is 0.0617. The predicted octanol–water partition coefficient (Wildman–Crippen LogP) is 1.34. The van der Waals surface area contributed by atoms with Gasteiger partial charge in [-0.2, -0.15) is 0 Å². The first-order valence-electron chi connectivity index (χ1n) is 6.62. The minimum atomic E-state index is -0.0617. The lowest BCUT2D eigenvalue weighted by Crippen LogP contribution is -2.24. The molecule has 0 unspecified atom stereocenters. The van der Waals surface area contributed by atoms with E-state index in [0.29, 0.717) is 28.7 Å². The van der Waals surface area contributed by atoms with Crippen molar-refractivity contribution in [3.63, 3.8) is 0 Å². The fraction of sp³-hybridized carbons (Fsp3) is 0.143. The molecule has 2 heterocycles. The summed E-state index contributed by atoms with van der Waals surface area (Å²) in [5.74, 6) is 0.547. The number of carbonyl (C=O) groups excluding carboxylic acids is 1. The number of hydrogen-bond acceptors (Lipinski definition) is 6. The summed E-state index contributed by atoms with van der Waals surface area (Å²) in [6.07, 6.45) is 1.36. The van der Waals surface area contributed by atoms with Crippen molar-refractivity contribution >= 4 is 34.7 Å². The van der Waals surface area contributed by atoms with E-state index >= 15 is 0 Å². The average Bonchev–Trinajstić information content (AvgIpc) is 2.96. The largest absolute Gasteiger partial charge is 0.382 e. The van der Waals surface area contributed by atoms with Crippen LogP contribution in [0.15, 0.2) is 41.8 Å². The average molecular weight is 314 g/mol. The zero-order valence-electron chi connectivity index (χ0n) is 11.6. The van der Waals surface area contributed by atoms with Gasteiger partial charge in [0.05, 0.1) is 5.75 Å². The van der Waals surface area contributed by atoms with Gasteiger partial charge in [0.15, 0.2) is 16.6 Å². The molecule has 7 nitrogen and oxygen atoms in total. The fourth-order valence-corrected chi connectivity index (χ4v) is 2.57. The number of benzene rings is 1. The van der Waals surface area contributed by atoms with Crippen molar-refractivity contribution in [2.24, 2.45) is 0 Å². The van der Waals surface area contributed by atoms with Crippen molar-refractivity contribution in [1.29, 1.82) is 0 Å². The van der Waals surface area contributed by atoms with Crippen LogP contribution in [-0.4, -0.2) is 31.6 Å². The zero-order chi connectivity index (χ0) is 15.4. The number of aromatic nitrogens is 4. The molecule has 0 aliphatic carbocycles. The van der Waals surface area contributed by atoms with E-state index in [2.05, 4.69) is 25.3 Å². The van der Waals surface area contributed by atoms with Crippen LogP contribution in [-0.2, 0) is 11.3 Å². The van der Waals surface area contributed by atoms with Gasteiger partial charge < -0.3 is 16.0 Å². The predicted molar refractivity (Wildman–Crippen MR) is 85.1 cm³/mol. The van der Waals surface area contributed by atoms with Crippen LogP contribution in [0.2, 0.25) is 0 Å². The lowest BCUT2D eigenvalue weighted by atomic mass is 10.2. The topological polar surface area (TPSA) is 110 Å². The third-order valence-corrected chi connectivity index (χ3v) is 3.84. The standard InChI is InChI=1S/C14H14N6OS/c15-12-11-13(18-8-17-12)20-14(19-11)22-7-10(21)16-6-9-4-2-1-3-5-9/h1-5,8H,6-7H2,(H,16,21)(H3,15,17,18,19,20). The normalized spacial score (nSPS) is 10.7. The van der Waals surface area contributed by atoms with Crippen LogP contribution in [0.25, 0.3) is 11.2 Å². The number of fused-ring (bicyclic) bond motifs is 1. The number of nitrogens with zero attached hydrogens (tertiary/aromatic N) is 3. The number of nitrogen functional groups attached to an aromatic ring is 1. The Balaban J connectivity index is 1.55. The fourth-order valence-electron chi connectivity index (χ4n) is 1.87. The number of hydrogen-bond donors (Lipinski definition) is 3. The van der Waals surface area contributed by atoms with E-state index in [1.807, 2.05) is 30.3 Å². The number of nitrogens with one attached hydrogen (secondary N) is 2. The maximum absolute atomic E-state index is 11.8. The van der Waals surface area contributed by atoms with Crippen LogP contribution in [0.5, 0.6) is 0 Å². The third kappa shape index (κ3) is 3.34. The summed E-state index contributed by atoms with van der Waals surface area (Å²) in [6, 6.07) is 9.76. The highest BCUT2D eigenvalue weighted by molar-refractivity contribution is 7.99. The third-order valence-electron chi connectivity index (χ3n) is 2.97. The number of carbonyl (C=O) groups is 1. The molecule has 112 valence electrons.